The van der Waals surface area contributed by atoms with Crippen molar-refractivity contribution < 1.29 is 19.5 Å². The number of nitrogens with one attached hydrogen (secondary N) is 1. The minimum absolute atomic E-state index is 0.114. The van der Waals surface area contributed by atoms with Gasteiger partial charge in [-0.05, 0) is 25.7 Å². The maximum atomic E-state index is 11.8. The lowest BCUT2D eigenvalue weighted by Crippen LogP contribution is -2.37. The third kappa shape index (κ3) is 2.97. The van der Waals surface area contributed by atoms with Crippen LogP contribution in [-0.2, 0) is 14.4 Å². The summed E-state index contributed by atoms with van der Waals surface area (Å²) in [6.07, 6.45) is 6.40. The van der Waals surface area contributed by atoms with E-state index in [9.17, 15) is 9.59 Å². The lowest BCUT2D eigenvalue weighted by atomic mass is 9.96. The van der Waals surface area contributed by atoms with E-state index in [0.29, 0.717) is 12.8 Å². The van der Waals surface area contributed by atoms with Crippen LogP contribution in [0.4, 0.5) is 0 Å². The fraction of sp³-hybridized carbons (Fsp3) is 0.833. The Labute approximate surface area is 100 Å². The van der Waals surface area contributed by atoms with Crippen molar-refractivity contribution in [2.45, 2.75) is 51.0 Å². The lowest BCUT2D eigenvalue weighted by molar-refractivity contribution is -0.151. The summed E-state index contributed by atoms with van der Waals surface area (Å²) in [6.45, 7) is 0. The molecule has 2 N–H and O–H groups in total. The zero-order chi connectivity index (χ0) is 12.3. The number of aliphatic carboxylic acids is 1. The first kappa shape index (κ1) is 12.4. The van der Waals surface area contributed by atoms with Crippen molar-refractivity contribution in [3.05, 3.63) is 0 Å². The van der Waals surface area contributed by atoms with Crippen LogP contribution in [0.1, 0.15) is 44.9 Å². The van der Waals surface area contributed by atoms with Crippen molar-refractivity contribution >= 4 is 11.9 Å². The molecule has 2 rings (SSSR count). The van der Waals surface area contributed by atoms with E-state index in [-0.39, 0.29) is 12.0 Å². The second-order valence-electron chi connectivity index (χ2n) is 4.97. The van der Waals surface area contributed by atoms with Crippen LogP contribution in [0.15, 0.2) is 0 Å². The minimum Gasteiger partial charge on any atom is -0.481 e. The Morgan fingerprint density at radius 1 is 1.00 bits per heavy atom. The van der Waals surface area contributed by atoms with Crippen molar-refractivity contribution in [3.8, 4) is 0 Å². The third-order valence-electron chi connectivity index (χ3n) is 3.80. The normalized spacial score (nSPS) is 29.4. The standard InChI is InChI=1S/C12H19NO4/c14-11(13-17-8-4-1-2-5-8)9-6-3-7-10(9)12(15)16/h8-10H,1-7H2,(H,13,14)(H,15,16). The van der Waals surface area contributed by atoms with Crippen molar-refractivity contribution in [2.24, 2.45) is 11.8 Å². The van der Waals surface area contributed by atoms with E-state index < -0.39 is 17.8 Å². The Kier molecular flexibility index (Phi) is 3.99. The van der Waals surface area contributed by atoms with Crippen LogP contribution in [0.2, 0.25) is 0 Å². The molecule has 2 fully saturated rings. The quantitative estimate of drug-likeness (QED) is 0.731. The summed E-state index contributed by atoms with van der Waals surface area (Å²) in [4.78, 5) is 28.1. The number of hydrogen-bond donors (Lipinski definition) is 2. The molecule has 0 spiro atoms. The Bertz CT molecular complexity index is 299. The van der Waals surface area contributed by atoms with E-state index in [4.69, 9.17) is 9.94 Å². The highest BCUT2D eigenvalue weighted by molar-refractivity contribution is 5.84. The number of carboxylic acid groups (broad SMARTS) is 1. The molecule has 0 aromatic rings. The van der Waals surface area contributed by atoms with Gasteiger partial charge >= 0.3 is 5.97 Å². The molecule has 0 heterocycles. The lowest BCUT2D eigenvalue weighted by Gasteiger charge is -2.17. The number of amides is 1. The molecule has 0 bridgehead atoms. The summed E-state index contributed by atoms with van der Waals surface area (Å²) in [5.74, 6) is -2.10. The van der Waals surface area contributed by atoms with Crippen molar-refractivity contribution in [3.63, 3.8) is 0 Å². The number of rotatable bonds is 4. The monoisotopic (exact) mass is 241 g/mol. The smallest absolute Gasteiger partial charge is 0.307 e. The first-order valence-electron chi connectivity index (χ1n) is 6.37. The van der Waals surface area contributed by atoms with Gasteiger partial charge in [0.05, 0.1) is 17.9 Å². The molecule has 2 aliphatic rings. The SMILES string of the molecule is O=C(O)C1CCCC1C(=O)NOC1CCCC1. The molecule has 2 atom stereocenters. The zero-order valence-corrected chi connectivity index (χ0v) is 9.85. The van der Waals surface area contributed by atoms with Gasteiger partial charge in [0.2, 0.25) is 5.91 Å². The fourth-order valence-electron chi connectivity index (χ4n) is 2.79. The number of hydrogen-bond acceptors (Lipinski definition) is 3. The topological polar surface area (TPSA) is 75.6 Å². The fourth-order valence-corrected chi connectivity index (χ4v) is 2.79. The molecule has 1 amide bonds. The second-order valence-corrected chi connectivity index (χ2v) is 4.97. The predicted octanol–water partition coefficient (Wildman–Crippen LogP) is 1.48. The summed E-state index contributed by atoms with van der Waals surface area (Å²) in [7, 11) is 0. The van der Waals surface area contributed by atoms with Crippen LogP contribution in [0.25, 0.3) is 0 Å². The van der Waals surface area contributed by atoms with Gasteiger partial charge in [0.25, 0.3) is 0 Å². The molecular weight excluding hydrogens is 222 g/mol. The van der Waals surface area contributed by atoms with Crippen LogP contribution in [0.3, 0.4) is 0 Å². The highest BCUT2D eigenvalue weighted by Crippen LogP contribution is 2.32. The maximum absolute atomic E-state index is 11.8. The van der Waals surface area contributed by atoms with E-state index in [0.717, 1.165) is 32.1 Å². The van der Waals surface area contributed by atoms with Crippen LogP contribution in [0, 0.1) is 11.8 Å². The number of carboxylic acids is 1. The molecular formula is C12H19NO4. The molecule has 2 aliphatic carbocycles. The third-order valence-corrected chi connectivity index (χ3v) is 3.80. The summed E-state index contributed by atoms with van der Waals surface area (Å²) in [6, 6.07) is 0. The van der Waals surface area contributed by atoms with Gasteiger partial charge in [-0.15, -0.1) is 0 Å². The molecule has 17 heavy (non-hydrogen) atoms. The molecule has 5 heteroatoms. The predicted molar refractivity (Wildman–Crippen MR) is 60.0 cm³/mol. The molecule has 5 nitrogen and oxygen atoms in total. The largest absolute Gasteiger partial charge is 0.481 e. The van der Waals surface area contributed by atoms with Crippen LogP contribution in [0.5, 0.6) is 0 Å². The average Bonchev–Trinajstić information content (AvgIpc) is 2.96. The maximum Gasteiger partial charge on any atom is 0.307 e. The average molecular weight is 241 g/mol. The van der Waals surface area contributed by atoms with Crippen molar-refractivity contribution in [1.29, 1.82) is 0 Å². The van der Waals surface area contributed by atoms with Gasteiger partial charge in [0.1, 0.15) is 0 Å². The molecule has 2 saturated carbocycles. The first-order chi connectivity index (χ1) is 8.18. The molecule has 0 aromatic carbocycles. The molecule has 0 radical (unpaired) electrons. The van der Waals surface area contributed by atoms with Crippen molar-refractivity contribution in [2.75, 3.05) is 0 Å². The van der Waals surface area contributed by atoms with Gasteiger partial charge in [0, 0.05) is 0 Å². The second kappa shape index (κ2) is 5.49. The molecule has 2 unspecified atom stereocenters. The van der Waals surface area contributed by atoms with Gasteiger partial charge in [-0.25, -0.2) is 5.48 Å². The Morgan fingerprint density at radius 3 is 2.29 bits per heavy atom. The molecule has 0 aromatic heterocycles. The van der Waals surface area contributed by atoms with E-state index >= 15 is 0 Å². The summed E-state index contributed by atoms with van der Waals surface area (Å²) in [5, 5.41) is 8.99. The van der Waals surface area contributed by atoms with E-state index in [2.05, 4.69) is 5.48 Å². The summed E-state index contributed by atoms with van der Waals surface area (Å²) < 4.78 is 0. The Hall–Kier alpha value is -1.10. The van der Waals surface area contributed by atoms with E-state index in [1.165, 1.54) is 0 Å². The van der Waals surface area contributed by atoms with Gasteiger partial charge in [-0.1, -0.05) is 19.3 Å². The number of hydroxylamine groups is 1. The Morgan fingerprint density at radius 2 is 1.65 bits per heavy atom. The first-order valence-corrected chi connectivity index (χ1v) is 6.37. The molecule has 0 saturated heterocycles. The van der Waals surface area contributed by atoms with Crippen LogP contribution in [-0.4, -0.2) is 23.1 Å². The van der Waals surface area contributed by atoms with Crippen LogP contribution >= 0.6 is 0 Å². The highest BCUT2D eigenvalue weighted by atomic mass is 16.7. The summed E-state index contributed by atoms with van der Waals surface area (Å²) in [5.41, 5.74) is 2.45. The van der Waals surface area contributed by atoms with Gasteiger partial charge in [-0.3, -0.25) is 14.4 Å². The van der Waals surface area contributed by atoms with E-state index in [1.54, 1.807) is 0 Å². The highest BCUT2D eigenvalue weighted by Gasteiger charge is 2.38. The zero-order valence-electron chi connectivity index (χ0n) is 9.85. The Balaban J connectivity index is 1.80. The molecule has 0 aliphatic heterocycles. The van der Waals surface area contributed by atoms with Crippen LogP contribution < -0.4 is 5.48 Å². The van der Waals surface area contributed by atoms with Gasteiger partial charge < -0.3 is 5.11 Å². The van der Waals surface area contributed by atoms with E-state index in [1.807, 2.05) is 0 Å². The molecule has 96 valence electrons. The van der Waals surface area contributed by atoms with Crippen molar-refractivity contribution in [1.82, 2.24) is 5.48 Å². The minimum atomic E-state index is -0.872. The number of carbonyl (C=O) groups excluding carboxylic acids is 1. The van der Waals surface area contributed by atoms with Gasteiger partial charge in [0.15, 0.2) is 0 Å². The van der Waals surface area contributed by atoms with Gasteiger partial charge in [-0.2, -0.15) is 0 Å². The number of carbonyl (C=O) groups is 2. The summed E-state index contributed by atoms with van der Waals surface area (Å²) >= 11 is 0.